The van der Waals surface area contributed by atoms with Crippen LogP contribution < -0.4 is 9.47 Å². The number of nitrogens with zero attached hydrogens (tertiary/aromatic N) is 1. The fourth-order valence-electron chi connectivity index (χ4n) is 3.08. The normalized spacial score (nSPS) is 15.2. The van der Waals surface area contributed by atoms with E-state index in [0.717, 1.165) is 17.3 Å². The van der Waals surface area contributed by atoms with Gasteiger partial charge in [-0.1, -0.05) is 35.5 Å². The number of amides is 1. The zero-order valence-electron chi connectivity index (χ0n) is 20.2. The molecule has 0 aromatic heterocycles. The summed E-state index contributed by atoms with van der Waals surface area (Å²) in [6.07, 6.45) is 1.60. The predicted molar refractivity (Wildman–Crippen MR) is 135 cm³/mol. The molecule has 188 valence electrons. The third-order valence-corrected chi connectivity index (χ3v) is 5.95. The number of aliphatic imine (C=N–C) groups is 1. The second-order valence-electron chi connectivity index (χ2n) is 7.42. The maximum absolute atomic E-state index is 12.7. The summed E-state index contributed by atoms with van der Waals surface area (Å²) in [5, 5.41) is 10.9. The molecule has 0 fully saturated rings. The van der Waals surface area contributed by atoms with Crippen molar-refractivity contribution in [3.05, 3.63) is 75.4 Å². The monoisotopic (exact) mass is 511 g/mol. The van der Waals surface area contributed by atoms with Crippen molar-refractivity contribution in [2.75, 3.05) is 27.4 Å². The molecule has 36 heavy (non-hydrogen) atoms. The fraction of sp³-hybridized carbons (Fsp3) is 0.231. The van der Waals surface area contributed by atoms with E-state index in [1.807, 2.05) is 6.92 Å². The Morgan fingerprint density at radius 3 is 2.42 bits per heavy atom. The summed E-state index contributed by atoms with van der Waals surface area (Å²) in [5.74, 6) is -1.57. The second-order valence-corrected chi connectivity index (χ2v) is 8.45. The van der Waals surface area contributed by atoms with Gasteiger partial charge in [0.15, 0.2) is 18.1 Å². The number of esters is 2. The van der Waals surface area contributed by atoms with Crippen LogP contribution >= 0.6 is 11.8 Å². The van der Waals surface area contributed by atoms with Crippen LogP contribution in [0.3, 0.4) is 0 Å². The first-order chi connectivity index (χ1) is 17.3. The molecule has 3 rings (SSSR count). The summed E-state index contributed by atoms with van der Waals surface area (Å²) in [6.45, 7) is 3.34. The molecule has 2 aromatic rings. The molecular formula is C26H25NO8S. The van der Waals surface area contributed by atoms with Crippen molar-refractivity contribution in [3.8, 4) is 11.5 Å². The molecular weight excluding hydrogens is 486 g/mol. The standard InChI is InChI=1S/C26H25NO8S/c1-5-34-26(31)22-23(29)20(36-25(22)27-24(30)17-9-6-15(2)7-10-17)13-16-8-11-18(19(12-16)32-3)35-14-21(28)33-4/h6-13,29H,5,14H2,1-4H3/b20-13-,27-25?. The smallest absolute Gasteiger partial charge is 0.344 e. The molecule has 2 aromatic carbocycles. The maximum Gasteiger partial charge on any atom is 0.344 e. The number of ether oxygens (including phenoxy) is 4. The van der Waals surface area contributed by atoms with Gasteiger partial charge in [-0.15, -0.1) is 0 Å². The zero-order chi connectivity index (χ0) is 26.2. The number of benzene rings is 2. The lowest BCUT2D eigenvalue weighted by Crippen LogP contribution is -2.14. The van der Waals surface area contributed by atoms with Gasteiger partial charge in [-0.25, -0.2) is 14.6 Å². The van der Waals surface area contributed by atoms with Gasteiger partial charge in [-0.05, 0) is 49.8 Å². The number of hydrogen-bond acceptors (Lipinski definition) is 9. The van der Waals surface area contributed by atoms with E-state index in [0.29, 0.717) is 27.5 Å². The third kappa shape index (κ3) is 6.33. The molecule has 1 heterocycles. The lowest BCUT2D eigenvalue weighted by atomic mass is 10.1. The molecule has 0 saturated heterocycles. The first-order valence-electron chi connectivity index (χ1n) is 10.8. The highest BCUT2D eigenvalue weighted by atomic mass is 32.2. The topological polar surface area (TPSA) is 121 Å². The number of carbonyl (C=O) groups is 3. The van der Waals surface area contributed by atoms with Gasteiger partial charge in [0.25, 0.3) is 5.91 Å². The van der Waals surface area contributed by atoms with E-state index in [4.69, 9.17) is 14.2 Å². The Hall–Kier alpha value is -4.05. The van der Waals surface area contributed by atoms with Gasteiger partial charge in [0.1, 0.15) is 16.4 Å². The maximum atomic E-state index is 12.7. The van der Waals surface area contributed by atoms with Crippen LogP contribution in [0.15, 0.2) is 63.7 Å². The largest absolute Gasteiger partial charge is 0.506 e. The molecule has 10 heteroatoms. The van der Waals surface area contributed by atoms with Crippen molar-refractivity contribution in [1.82, 2.24) is 0 Å². The Kier molecular flexibility index (Phi) is 8.91. The minimum absolute atomic E-state index is 0.0350. The summed E-state index contributed by atoms with van der Waals surface area (Å²) < 4.78 is 20.4. The minimum Gasteiger partial charge on any atom is -0.506 e. The average Bonchev–Trinajstić information content (AvgIpc) is 3.17. The molecule has 0 saturated carbocycles. The van der Waals surface area contributed by atoms with E-state index in [9.17, 15) is 19.5 Å². The van der Waals surface area contributed by atoms with Crippen LogP contribution in [0.4, 0.5) is 0 Å². The number of hydrogen-bond donors (Lipinski definition) is 1. The van der Waals surface area contributed by atoms with Crippen molar-refractivity contribution >= 4 is 40.7 Å². The van der Waals surface area contributed by atoms with E-state index in [1.165, 1.54) is 14.2 Å². The molecule has 0 radical (unpaired) electrons. The van der Waals surface area contributed by atoms with Crippen molar-refractivity contribution in [2.45, 2.75) is 13.8 Å². The fourth-order valence-corrected chi connectivity index (χ4v) is 4.10. The molecule has 0 unspecified atom stereocenters. The minimum atomic E-state index is -0.787. The number of aliphatic hydroxyl groups is 1. The van der Waals surface area contributed by atoms with Gasteiger partial charge in [0.2, 0.25) is 0 Å². The number of carbonyl (C=O) groups excluding carboxylic acids is 3. The lowest BCUT2D eigenvalue weighted by Gasteiger charge is -2.10. The van der Waals surface area contributed by atoms with Gasteiger partial charge < -0.3 is 24.1 Å². The summed E-state index contributed by atoms with van der Waals surface area (Å²) >= 11 is 0.969. The van der Waals surface area contributed by atoms with Crippen LogP contribution in [0.2, 0.25) is 0 Å². The van der Waals surface area contributed by atoms with E-state index < -0.39 is 17.8 Å². The van der Waals surface area contributed by atoms with Crippen LogP contribution in [0.5, 0.6) is 11.5 Å². The van der Waals surface area contributed by atoms with Gasteiger partial charge in [-0.3, -0.25) is 4.79 Å². The Bertz CT molecular complexity index is 1260. The van der Waals surface area contributed by atoms with E-state index in [2.05, 4.69) is 9.73 Å². The molecule has 1 aliphatic heterocycles. The third-order valence-electron chi connectivity index (χ3n) is 4.93. The summed E-state index contributed by atoms with van der Waals surface area (Å²) in [5.41, 5.74) is 1.75. The van der Waals surface area contributed by atoms with Gasteiger partial charge >= 0.3 is 11.9 Å². The van der Waals surface area contributed by atoms with Crippen molar-refractivity contribution in [2.24, 2.45) is 4.99 Å². The molecule has 0 bridgehead atoms. The molecule has 0 aliphatic carbocycles. The van der Waals surface area contributed by atoms with Gasteiger partial charge in [-0.2, -0.15) is 0 Å². The summed E-state index contributed by atoms with van der Waals surface area (Å²) in [7, 11) is 2.70. The van der Waals surface area contributed by atoms with Crippen LogP contribution in [0, 0.1) is 6.92 Å². The van der Waals surface area contributed by atoms with E-state index in [1.54, 1.807) is 55.5 Å². The van der Waals surface area contributed by atoms with Crippen molar-refractivity contribution < 1.29 is 38.4 Å². The van der Waals surface area contributed by atoms with Crippen LogP contribution in [-0.4, -0.2) is 55.4 Å². The highest BCUT2D eigenvalue weighted by Gasteiger charge is 2.34. The number of thioether (sulfide) groups is 1. The molecule has 0 spiro atoms. The van der Waals surface area contributed by atoms with Crippen LogP contribution in [0.25, 0.3) is 6.08 Å². The molecule has 1 aliphatic rings. The zero-order valence-corrected chi connectivity index (χ0v) is 21.0. The second kappa shape index (κ2) is 12.1. The number of methoxy groups -OCH3 is 2. The number of aliphatic hydroxyl groups excluding tert-OH is 1. The first-order valence-corrected chi connectivity index (χ1v) is 11.7. The predicted octanol–water partition coefficient (Wildman–Crippen LogP) is 4.26. The first kappa shape index (κ1) is 26.6. The Morgan fingerprint density at radius 1 is 1.06 bits per heavy atom. The van der Waals surface area contributed by atoms with Crippen molar-refractivity contribution in [3.63, 3.8) is 0 Å². The number of rotatable bonds is 8. The Balaban J connectivity index is 1.95. The number of aryl methyl sites for hydroxylation is 1. The van der Waals surface area contributed by atoms with Crippen LogP contribution in [-0.2, 0) is 19.1 Å². The van der Waals surface area contributed by atoms with Gasteiger partial charge in [0, 0.05) is 5.56 Å². The van der Waals surface area contributed by atoms with Gasteiger partial charge in [0.05, 0.1) is 25.7 Å². The van der Waals surface area contributed by atoms with E-state index >= 15 is 0 Å². The molecule has 1 N–H and O–H groups in total. The highest BCUT2D eigenvalue weighted by Crippen LogP contribution is 2.40. The Morgan fingerprint density at radius 2 is 1.78 bits per heavy atom. The lowest BCUT2D eigenvalue weighted by molar-refractivity contribution is -0.143. The summed E-state index contributed by atoms with van der Waals surface area (Å²) in [4.78, 5) is 41.0. The SMILES string of the molecule is CCOC(=O)C1=C(O)/C(=C/c2ccc(OCC(=O)OC)c(OC)c2)SC1=NC(=O)c1ccc(C)cc1. The highest BCUT2D eigenvalue weighted by molar-refractivity contribution is 8.18. The quantitative estimate of drug-likeness (QED) is 0.518. The molecule has 0 atom stereocenters. The van der Waals surface area contributed by atoms with Crippen LogP contribution in [0.1, 0.15) is 28.4 Å². The summed E-state index contributed by atoms with van der Waals surface area (Å²) in [6, 6.07) is 11.7. The van der Waals surface area contributed by atoms with Crippen molar-refractivity contribution in [1.29, 1.82) is 0 Å². The Labute approximate surface area is 212 Å². The van der Waals surface area contributed by atoms with E-state index in [-0.39, 0.29) is 29.6 Å². The molecule has 1 amide bonds. The molecule has 9 nitrogen and oxygen atoms in total. The average molecular weight is 512 g/mol.